The maximum Gasteiger partial charge on any atom is 0.252 e. The smallest absolute Gasteiger partial charge is 0.252 e. The van der Waals surface area contributed by atoms with Crippen molar-refractivity contribution in [1.29, 1.82) is 0 Å². The van der Waals surface area contributed by atoms with Crippen LogP contribution in [-0.2, 0) is 14.8 Å². The van der Waals surface area contributed by atoms with E-state index in [0.717, 1.165) is 0 Å². The van der Waals surface area contributed by atoms with E-state index in [0.29, 0.717) is 36.7 Å². The van der Waals surface area contributed by atoms with E-state index in [4.69, 9.17) is 0 Å². The molecule has 0 aromatic carbocycles. The Labute approximate surface area is 168 Å². The Balaban J connectivity index is 1.53. The van der Waals surface area contributed by atoms with Crippen LogP contribution in [0, 0.1) is 5.92 Å². The van der Waals surface area contributed by atoms with Crippen molar-refractivity contribution in [2.45, 2.75) is 23.1 Å². The maximum atomic E-state index is 12.6. The van der Waals surface area contributed by atoms with E-state index < -0.39 is 10.0 Å². The summed E-state index contributed by atoms with van der Waals surface area (Å²) in [6.45, 7) is 1.33. The van der Waals surface area contributed by atoms with Crippen LogP contribution in [0.5, 0.6) is 0 Å². The zero-order valence-electron chi connectivity index (χ0n) is 15.5. The molecule has 0 spiro atoms. The number of carbonyl (C=O) groups is 1. The van der Waals surface area contributed by atoms with Gasteiger partial charge in [0.25, 0.3) is 10.0 Å². The van der Waals surface area contributed by atoms with Crippen LogP contribution in [-0.4, -0.2) is 57.3 Å². The monoisotopic (exact) mass is 427 g/mol. The van der Waals surface area contributed by atoms with Crippen LogP contribution in [0.4, 0.5) is 0 Å². The van der Waals surface area contributed by atoms with Crippen LogP contribution >= 0.6 is 22.7 Å². The minimum absolute atomic E-state index is 0.0188. The van der Waals surface area contributed by atoms with E-state index in [9.17, 15) is 13.2 Å². The number of likely N-dealkylation sites (N-methyl/N-ethyl adjacent to an activating group) is 1. The lowest BCUT2D eigenvalue weighted by molar-refractivity contribution is -0.126. The van der Waals surface area contributed by atoms with Crippen molar-refractivity contribution in [3.8, 4) is 0 Å². The molecule has 3 rings (SSSR count). The first-order chi connectivity index (χ1) is 12.9. The Morgan fingerprint density at radius 2 is 2.04 bits per heavy atom. The lowest BCUT2D eigenvalue weighted by atomic mass is 9.97. The summed E-state index contributed by atoms with van der Waals surface area (Å²) in [5.74, 6) is -0.115. The van der Waals surface area contributed by atoms with Gasteiger partial charge in [0.05, 0.1) is 6.04 Å². The molecule has 0 radical (unpaired) electrons. The number of amides is 1. The minimum atomic E-state index is -3.42. The molecule has 0 bridgehead atoms. The molecule has 1 fully saturated rings. The number of thiophene rings is 2. The third-order valence-electron chi connectivity index (χ3n) is 4.93. The first-order valence-electron chi connectivity index (χ1n) is 8.89. The summed E-state index contributed by atoms with van der Waals surface area (Å²) in [5.41, 5.74) is 1.20. The van der Waals surface area contributed by atoms with Gasteiger partial charge in [0, 0.05) is 25.6 Å². The van der Waals surface area contributed by atoms with Gasteiger partial charge >= 0.3 is 0 Å². The van der Waals surface area contributed by atoms with Crippen molar-refractivity contribution in [2.24, 2.45) is 5.92 Å². The summed E-state index contributed by atoms with van der Waals surface area (Å²) in [6, 6.07) is 5.59. The molecule has 1 amide bonds. The van der Waals surface area contributed by atoms with E-state index in [1.54, 1.807) is 28.8 Å². The van der Waals surface area contributed by atoms with Gasteiger partial charge in [-0.15, -0.1) is 11.3 Å². The van der Waals surface area contributed by atoms with Crippen LogP contribution in [0.15, 0.2) is 38.5 Å². The lowest BCUT2D eigenvalue weighted by Crippen LogP contribution is -2.44. The lowest BCUT2D eigenvalue weighted by Gasteiger charge is -2.31. The summed E-state index contributed by atoms with van der Waals surface area (Å²) in [5, 5.41) is 8.97. The number of piperidine rings is 1. The molecule has 2 aromatic rings. The molecule has 6 nitrogen and oxygen atoms in total. The highest BCUT2D eigenvalue weighted by Crippen LogP contribution is 2.26. The molecule has 148 valence electrons. The molecule has 1 saturated heterocycles. The Morgan fingerprint density at radius 3 is 2.59 bits per heavy atom. The average molecular weight is 428 g/mol. The van der Waals surface area contributed by atoms with Gasteiger partial charge in [0.15, 0.2) is 0 Å². The predicted molar refractivity (Wildman–Crippen MR) is 110 cm³/mol. The Bertz CT molecular complexity index is 825. The van der Waals surface area contributed by atoms with Gasteiger partial charge in [-0.25, -0.2) is 8.42 Å². The van der Waals surface area contributed by atoms with Crippen LogP contribution < -0.4 is 5.32 Å². The van der Waals surface area contributed by atoms with Gasteiger partial charge in [-0.2, -0.15) is 15.6 Å². The number of nitrogens with zero attached hydrogens (tertiary/aromatic N) is 2. The highest BCUT2D eigenvalue weighted by atomic mass is 32.2. The predicted octanol–water partition coefficient (Wildman–Crippen LogP) is 2.63. The average Bonchev–Trinajstić information content (AvgIpc) is 3.36. The Morgan fingerprint density at radius 1 is 1.30 bits per heavy atom. The molecule has 1 unspecified atom stereocenters. The fourth-order valence-corrected chi connectivity index (χ4v) is 6.62. The molecule has 1 atom stereocenters. The second kappa shape index (κ2) is 8.83. The fraction of sp³-hybridized carbons (Fsp3) is 0.500. The standard InChI is InChI=1S/C18H25N3O3S3/c1-20(2)16(15-7-11-25-13-15)12-19-18(22)14-5-8-21(9-6-14)27(23,24)17-4-3-10-26-17/h3-4,7,10-11,13-14,16H,5-6,8-9,12H2,1-2H3,(H,19,22). The highest BCUT2D eigenvalue weighted by Gasteiger charge is 2.32. The summed E-state index contributed by atoms with van der Waals surface area (Å²) in [6.07, 6.45) is 1.11. The first kappa shape index (κ1) is 20.5. The molecular weight excluding hydrogens is 402 g/mol. The Kier molecular flexibility index (Phi) is 6.69. The van der Waals surface area contributed by atoms with Crippen LogP contribution in [0.1, 0.15) is 24.4 Å². The topological polar surface area (TPSA) is 69.7 Å². The minimum Gasteiger partial charge on any atom is -0.354 e. The molecule has 3 heterocycles. The summed E-state index contributed by atoms with van der Waals surface area (Å²) in [7, 11) is 0.585. The zero-order chi connectivity index (χ0) is 19.4. The first-order valence-corrected chi connectivity index (χ1v) is 12.2. The van der Waals surface area contributed by atoms with Crippen LogP contribution in [0.2, 0.25) is 0 Å². The van der Waals surface area contributed by atoms with Crippen molar-refractivity contribution in [1.82, 2.24) is 14.5 Å². The van der Waals surface area contributed by atoms with Crippen LogP contribution in [0.25, 0.3) is 0 Å². The van der Waals surface area contributed by atoms with E-state index in [-0.39, 0.29) is 17.9 Å². The second-order valence-corrected chi connectivity index (χ2v) is 10.8. The summed E-state index contributed by atoms with van der Waals surface area (Å²) in [4.78, 5) is 14.7. The van der Waals surface area contributed by atoms with Gasteiger partial charge in [-0.05, 0) is 60.8 Å². The van der Waals surface area contributed by atoms with Crippen molar-refractivity contribution < 1.29 is 13.2 Å². The summed E-state index contributed by atoms with van der Waals surface area (Å²) >= 11 is 2.88. The normalized spacial score (nSPS) is 17.9. The molecule has 1 N–H and O–H groups in total. The highest BCUT2D eigenvalue weighted by molar-refractivity contribution is 7.91. The number of carbonyl (C=O) groups excluding carboxylic acids is 1. The van der Waals surface area contributed by atoms with E-state index >= 15 is 0 Å². The summed E-state index contributed by atoms with van der Waals surface area (Å²) < 4.78 is 27.0. The zero-order valence-corrected chi connectivity index (χ0v) is 17.9. The Hall–Kier alpha value is -1.26. The van der Waals surface area contributed by atoms with Crippen molar-refractivity contribution in [2.75, 3.05) is 33.7 Å². The van der Waals surface area contributed by atoms with Gasteiger partial charge in [0.1, 0.15) is 4.21 Å². The molecule has 9 heteroatoms. The van der Waals surface area contributed by atoms with E-state index in [2.05, 4.69) is 21.7 Å². The largest absolute Gasteiger partial charge is 0.354 e. The molecular formula is C18H25N3O3S3. The van der Waals surface area contributed by atoms with E-state index in [1.165, 1.54) is 21.2 Å². The number of nitrogens with one attached hydrogen (secondary N) is 1. The maximum absolute atomic E-state index is 12.6. The molecule has 0 aliphatic carbocycles. The van der Waals surface area contributed by atoms with Gasteiger partial charge in [-0.1, -0.05) is 6.07 Å². The van der Waals surface area contributed by atoms with E-state index in [1.807, 2.05) is 19.5 Å². The van der Waals surface area contributed by atoms with Gasteiger partial charge in [0.2, 0.25) is 5.91 Å². The quantitative estimate of drug-likeness (QED) is 0.738. The number of hydrogen-bond acceptors (Lipinski definition) is 6. The van der Waals surface area contributed by atoms with Gasteiger partial charge in [-0.3, -0.25) is 4.79 Å². The number of rotatable bonds is 7. The third kappa shape index (κ3) is 4.78. The molecule has 27 heavy (non-hydrogen) atoms. The second-order valence-electron chi connectivity index (χ2n) is 6.89. The van der Waals surface area contributed by atoms with Crippen molar-refractivity contribution in [3.63, 3.8) is 0 Å². The third-order valence-corrected chi connectivity index (χ3v) is 8.91. The molecule has 2 aromatic heterocycles. The molecule has 1 aliphatic rings. The fourth-order valence-electron chi connectivity index (χ4n) is 3.30. The number of sulfonamides is 1. The number of hydrogen-bond donors (Lipinski definition) is 1. The van der Waals surface area contributed by atoms with Crippen LogP contribution in [0.3, 0.4) is 0 Å². The van der Waals surface area contributed by atoms with Crippen molar-refractivity contribution in [3.05, 3.63) is 39.9 Å². The SMILES string of the molecule is CN(C)C(CNC(=O)C1CCN(S(=O)(=O)c2cccs2)CC1)c1ccsc1. The molecule has 0 saturated carbocycles. The molecule has 1 aliphatic heterocycles. The van der Waals surface area contributed by atoms with Crippen molar-refractivity contribution >= 4 is 38.6 Å². The van der Waals surface area contributed by atoms with Gasteiger partial charge < -0.3 is 10.2 Å².